The highest BCUT2D eigenvalue weighted by Crippen LogP contribution is 2.39. The number of hydrogen-bond donors (Lipinski definition) is 2. The Balaban J connectivity index is 1.73. The van der Waals surface area contributed by atoms with Crippen LogP contribution in [-0.2, 0) is 10.9 Å². The van der Waals surface area contributed by atoms with Crippen molar-refractivity contribution in [3.63, 3.8) is 0 Å². The molecule has 1 saturated heterocycles. The molecule has 0 bridgehead atoms. The third-order valence-electron chi connectivity index (χ3n) is 6.28. The molecule has 1 aromatic heterocycles. The van der Waals surface area contributed by atoms with Crippen molar-refractivity contribution >= 4 is 22.4 Å². The lowest BCUT2D eigenvalue weighted by Crippen LogP contribution is -2.24. The lowest BCUT2D eigenvalue weighted by Gasteiger charge is -2.23. The molecule has 0 aliphatic carbocycles. The summed E-state index contributed by atoms with van der Waals surface area (Å²) < 4.78 is 72.0. The van der Waals surface area contributed by atoms with Crippen molar-refractivity contribution in [3.8, 4) is 11.5 Å². The first-order valence-corrected chi connectivity index (χ1v) is 11.5. The van der Waals surface area contributed by atoms with E-state index in [1.807, 2.05) is 6.92 Å². The number of alkyl halides is 3. The molecule has 36 heavy (non-hydrogen) atoms. The van der Waals surface area contributed by atoms with E-state index in [4.69, 9.17) is 19.9 Å². The molecule has 2 aromatic carbocycles. The quantitative estimate of drug-likeness (QED) is 0.314. The van der Waals surface area contributed by atoms with Gasteiger partial charge in [0.1, 0.15) is 23.6 Å². The van der Waals surface area contributed by atoms with Crippen LogP contribution in [0.3, 0.4) is 0 Å². The van der Waals surface area contributed by atoms with Gasteiger partial charge in [0.15, 0.2) is 11.5 Å². The van der Waals surface area contributed by atoms with E-state index in [-0.39, 0.29) is 23.3 Å². The summed E-state index contributed by atoms with van der Waals surface area (Å²) in [6.45, 7) is 6.45. The topological polar surface area (TPSA) is 91.5 Å². The summed E-state index contributed by atoms with van der Waals surface area (Å²) in [6.07, 6.45) is -4.14. The molecule has 11 heteroatoms. The zero-order chi connectivity index (χ0) is 26.2. The van der Waals surface area contributed by atoms with Gasteiger partial charge >= 0.3 is 6.18 Å². The van der Waals surface area contributed by atoms with Crippen molar-refractivity contribution in [2.75, 3.05) is 31.4 Å². The van der Waals surface area contributed by atoms with E-state index >= 15 is 0 Å². The van der Waals surface area contributed by atoms with Gasteiger partial charge in [-0.2, -0.15) is 13.2 Å². The maximum Gasteiger partial charge on any atom is 0.419 e. The fraction of sp³-hybridized carbons (Fsp3) is 0.440. The molecular weight excluding hydrogens is 480 g/mol. The Bertz CT molecular complexity index is 1260. The number of fused-ring (bicyclic) bond motifs is 1. The van der Waals surface area contributed by atoms with Crippen LogP contribution in [0.15, 0.2) is 24.3 Å². The molecule has 2 heterocycles. The number of halogens is 4. The fourth-order valence-electron chi connectivity index (χ4n) is 4.31. The highest BCUT2D eigenvalue weighted by molar-refractivity contribution is 5.92. The summed E-state index contributed by atoms with van der Waals surface area (Å²) in [4.78, 5) is 8.88. The molecule has 3 atom stereocenters. The van der Waals surface area contributed by atoms with Crippen molar-refractivity contribution in [1.82, 2.24) is 9.97 Å². The molecule has 1 aliphatic heterocycles. The Morgan fingerprint density at radius 2 is 1.89 bits per heavy atom. The van der Waals surface area contributed by atoms with Gasteiger partial charge in [-0.1, -0.05) is 0 Å². The van der Waals surface area contributed by atoms with E-state index in [1.54, 1.807) is 19.1 Å². The number of nitrogens with two attached hydrogens (primary N) is 1. The summed E-state index contributed by atoms with van der Waals surface area (Å²) in [7, 11) is 1.52. The number of aryl methyl sites for hydroxylation is 1. The molecule has 3 aromatic rings. The number of benzene rings is 2. The second-order valence-electron chi connectivity index (χ2n) is 8.92. The number of nitrogen functional groups attached to an aromatic ring is 1. The molecule has 1 aliphatic rings. The number of rotatable bonds is 7. The van der Waals surface area contributed by atoms with Crippen LogP contribution in [0, 0.1) is 18.7 Å². The van der Waals surface area contributed by atoms with Gasteiger partial charge in [0.25, 0.3) is 0 Å². The predicted octanol–water partition coefficient (Wildman–Crippen LogP) is 5.66. The minimum Gasteiger partial charge on any atom is -0.493 e. The Hall–Kier alpha value is -3.34. The van der Waals surface area contributed by atoms with Gasteiger partial charge in [0.2, 0.25) is 0 Å². The van der Waals surface area contributed by atoms with E-state index in [0.29, 0.717) is 53.3 Å². The third kappa shape index (κ3) is 5.25. The molecule has 4 rings (SSSR count). The Morgan fingerprint density at radius 1 is 1.14 bits per heavy atom. The molecule has 1 fully saturated rings. The lowest BCUT2D eigenvalue weighted by atomic mass is 10.0. The Labute approximate surface area is 206 Å². The van der Waals surface area contributed by atoms with Crippen LogP contribution in [0.1, 0.15) is 43.3 Å². The first-order valence-electron chi connectivity index (χ1n) is 11.5. The van der Waals surface area contributed by atoms with Gasteiger partial charge in [-0.05, 0) is 45.4 Å². The standard InChI is InChI=1S/C25H28F4N4O3/c1-12(17-7-16(30)8-19(23(17)26)25(27,28)29)31-24-18-9-22(36-13(2)15-5-6-35-11-15)21(34-4)10-20(18)32-14(3)33-24/h7-10,12-13,15H,5-6,11,30H2,1-4H3,(H,31,32,33)/t12-,13?,15+/m1/s1. The fourth-order valence-corrected chi connectivity index (χ4v) is 4.31. The minimum absolute atomic E-state index is 0.150. The van der Waals surface area contributed by atoms with Crippen molar-refractivity contribution in [2.24, 2.45) is 5.92 Å². The van der Waals surface area contributed by atoms with Crippen molar-refractivity contribution in [1.29, 1.82) is 0 Å². The average Bonchev–Trinajstić information content (AvgIpc) is 3.34. The van der Waals surface area contributed by atoms with Crippen molar-refractivity contribution in [3.05, 3.63) is 47.0 Å². The lowest BCUT2D eigenvalue weighted by molar-refractivity contribution is -0.140. The molecule has 0 amide bonds. The monoisotopic (exact) mass is 508 g/mol. The first kappa shape index (κ1) is 25.7. The Kier molecular flexibility index (Phi) is 7.12. The second-order valence-corrected chi connectivity index (χ2v) is 8.92. The maximum absolute atomic E-state index is 14.9. The minimum atomic E-state index is -4.88. The summed E-state index contributed by atoms with van der Waals surface area (Å²) in [6, 6.07) is 4.29. The highest BCUT2D eigenvalue weighted by atomic mass is 19.4. The van der Waals surface area contributed by atoms with Crippen molar-refractivity contribution < 1.29 is 31.8 Å². The number of aromatic nitrogens is 2. The van der Waals surface area contributed by atoms with Gasteiger partial charge in [-0.15, -0.1) is 0 Å². The van der Waals surface area contributed by atoms with Crippen LogP contribution >= 0.6 is 0 Å². The van der Waals surface area contributed by atoms with Crippen molar-refractivity contribution in [2.45, 2.75) is 45.5 Å². The number of hydrogen-bond acceptors (Lipinski definition) is 7. The predicted molar refractivity (Wildman–Crippen MR) is 128 cm³/mol. The maximum atomic E-state index is 14.9. The highest BCUT2D eigenvalue weighted by Gasteiger charge is 2.36. The number of anilines is 2. The van der Waals surface area contributed by atoms with E-state index in [2.05, 4.69) is 15.3 Å². The summed E-state index contributed by atoms with van der Waals surface area (Å²) in [5.74, 6) is 0.499. The number of nitrogens with zero attached hydrogens (tertiary/aromatic N) is 2. The molecular formula is C25H28F4N4O3. The molecule has 3 N–H and O–H groups in total. The summed E-state index contributed by atoms with van der Waals surface area (Å²) >= 11 is 0. The summed E-state index contributed by atoms with van der Waals surface area (Å²) in [5.41, 5.74) is 4.35. The van der Waals surface area contributed by atoms with Gasteiger partial charge in [-0.3, -0.25) is 0 Å². The molecule has 7 nitrogen and oxygen atoms in total. The number of methoxy groups -OCH3 is 1. The Morgan fingerprint density at radius 3 is 2.53 bits per heavy atom. The molecule has 0 saturated carbocycles. The molecule has 0 spiro atoms. The zero-order valence-corrected chi connectivity index (χ0v) is 20.4. The smallest absolute Gasteiger partial charge is 0.419 e. The van der Waals surface area contributed by atoms with Crippen LogP contribution in [0.25, 0.3) is 10.9 Å². The SMILES string of the molecule is COc1cc2nc(C)nc(N[C@H](C)c3cc(N)cc(C(F)(F)F)c3F)c2cc1OC(C)[C@H]1CCOC1. The second kappa shape index (κ2) is 9.96. The molecule has 194 valence electrons. The van der Waals surface area contributed by atoms with E-state index in [1.165, 1.54) is 20.1 Å². The van der Waals surface area contributed by atoms with Gasteiger partial charge in [0, 0.05) is 35.2 Å². The van der Waals surface area contributed by atoms with Gasteiger partial charge < -0.3 is 25.3 Å². The van der Waals surface area contributed by atoms with E-state index in [9.17, 15) is 17.6 Å². The normalized spacial score (nSPS) is 17.7. The van der Waals surface area contributed by atoms with Crippen LogP contribution in [-0.4, -0.2) is 36.4 Å². The number of nitrogens with one attached hydrogen (secondary N) is 1. The first-order chi connectivity index (χ1) is 17.0. The van der Waals surface area contributed by atoms with E-state index in [0.717, 1.165) is 6.42 Å². The van der Waals surface area contributed by atoms with Crippen LogP contribution in [0.5, 0.6) is 11.5 Å². The molecule has 0 radical (unpaired) electrons. The third-order valence-corrected chi connectivity index (χ3v) is 6.28. The zero-order valence-electron chi connectivity index (χ0n) is 20.4. The van der Waals surface area contributed by atoms with Crippen LogP contribution in [0.2, 0.25) is 0 Å². The van der Waals surface area contributed by atoms with Crippen LogP contribution < -0.4 is 20.5 Å². The van der Waals surface area contributed by atoms with Gasteiger partial charge in [-0.25, -0.2) is 14.4 Å². The number of ether oxygens (including phenoxy) is 3. The van der Waals surface area contributed by atoms with Crippen LogP contribution in [0.4, 0.5) is 29.1 Å². The average molecular weight is 509 g/mol. The molecule has 1 unspecified atom stereocenters. The van der Waals surface area contributed by atoms with E-state index < -0.39 is 23.6 Å². The largest absolute Gasteiger partial charge is 0.493 e. The summed E-state index contributed by atoms with van der Waals surface area (Å²) in [5, 5.41) is 3.57. The van der Waals surface area contributed by atoms with Gasteiger partial charge in [0.05, 0.1) is 30.8 Å².